The molecule has 9 atom stereocenters. The molecule has 2 aliphatic rings. The number of aliphatic hydroxyl groups is 8. The van der Waals surface area contributed by atoms with Crippen LogP contribution in [-0.2, 0) is 71.2 Å². The molecular formula is C57H100N2O23. The van der Waals surface area contributed by atoms with E-state index in [2.05, 4.69) is 38.2 Å². The van der Waals surface area contributed by atoms with Crippen LogP contribution in [0.5, 0.6) is 0 Å². The van der Waals surface area contributed by atoms with Gasteiger partial charge in [-0.05, 0) is 56.6 Å². The van der Waals surface area contributed by atoms with E-state index in [1.165, 1.54) is 28.5 Å². The van der Waals surface area contributed by atoms with Gasteiger partial charge in [-0.15, -0.1) is 0 Å². The van der Waals surface area contributed by atoms with Crippen LogP contribution >= 0.6 is 0 Å². The molecule has 1 aliphatic heterocycles. The van der Waals surface area contributed by atoms with Gasteiger partial charge >= 0.3 is 0 Å². The first-order valence-electron chi connectivity index (χ1n) is 28.3. The highest BCUT2D eigenvalue weighted by molar-refractivity contribution is 5.88. The second-order valence-electron chi connectivity index (χ2n) is 20.1. The molecule has 25 heteroatoms. The number of ether oxygens (including phenoxy) is 13. The summed E-state index contributed by atoms with van der Waals surface area (Å²) in [4.78, 5) is 28.2. The molecule has 476 valence electrons. The molecule has 0 spiro atoms. The molecule has 2 rings (SSSR count). The van der Waals surface area contributed by atoms with E-state index >= 15 is 0 Å². The predicted octanol–water partition coefficient (Wildman–Crippen LogP) is -0.465. The molecule has 2 amide bonds. The summed E-state index contributed by atoms with van der Waals surface area (Å²) in [7, 11) is 1.63. The highest BCUT2D eigenvalue weighted by Crippen LogP contribution is 2.40. The average Bonchev–Trinajstić information content (AvgIpc) is 3.46. The van der Waals surface area contributed by atoms with E-state index < -0.39 is 80.1 Å². The van der Waals surface area contributed by atoms with Gasteiger partial charge in [-0.3, -0.25) is 9.59 Å². The lowest BCUT2D eigenvalue weighted by atomic mass is 9.72. The van der Waals surface area contributed by atoms with Gasteiger partial charge in [0, 0.05) is 32.8 Å². The predicted molar refractivity (Wildman–Crippen MR) is 300 cm³/mol. The molecule has 1 aliphatic carbocycles. The molecule has 0 unspecified atom stereocenters. The van der Waals surface area contributed by atoms with Crippen molar-refractivity contribution in [3.05, 3.63) is 58.7 Å². The molecule has 1 fully saturated rings. The van der Waals surface area contributed by atoms with Gasteiger partial charge < -0.3 is 113 Å². The Kier molecular flexibility index (Phi) is 42.1. The van der Waals surface area contributed by atoms with Crippen LogP contribution in [0.25, 0.3) is 0 Å². The number of rotatable bonds is 49. The number of carbonyl (C=O) groups is 2. The Morgan fingerprint density at radius 3 is 1.60 bits per heavy atom. The molecule has 0 aromatic heterocycles. The molecule has 82 heavy (non-hydrogen) atoms. The summed E-state index contributed by atoms with van der Waals surface area (Å²) in [6.45, 7) is 17.2. The van der Waals surface area contributed by atoms with Crippen molar-refractivity contribution >= 4 is 11.8 Å². The number of allylic oxidation sites excluding steroid dienone is 9. The summed E-state index contributed by atoms with van der Waals surface area (Å²) in [6, 6.07) is 0. The normalized spacial score (nSPS) is 21.4. The van der Waals surface area contributed by atoms with Gasteiger partial charge in [-0.1, -0.05) is 55.4 Å². The van der Waals surface area contributed by atoms with Crippen LogP contribution in [0.15, 0.2) is 58.7 Å². The number of methoxy groups -OCH3 is 1. The number of aliphatic hydroxyl groups excluding tert-OH is 8. The van der Waals surface area contributed by atoms with Crippen molar-refractivity contribution in [3.8, 4) is 0 Å². The van der Waals surface area contributed by atoms with Crippen molar-refractivity contribution in [3.63, 3.8) is 0 Å². The Labute approximate surface area is 484 Å². The number of hydrogen-bond donors (Lipinski definition) is 9. The van der Waals surface area contributed by atoms with E-state index in [0.717, 1.165) is 18.4 Å². The molecule has 0 bridgehead atoms. The maximum Gasteiger partial charge on any atom is 0.251 e. The van der Waals surface area contributed by atoms with Crippen molar-refractivity contribution < 1.29 is 112 Å². The average molecular weight is 1180 g/mol. The summed E-state index contributed by atoms with van der Waals surface area (Å²) >= 11 is 0. The van der Waals surface area contributed by atoms with Crippen molar-refractivity contribution in [2.75, 3.05) is 179 Å². The van der Waals surface area contributed by atoms with Gasteiger partial charge in [-0.25, -0.2) is 0 Å². The minimum atomic E-state index is -2.28. The third-order valence-electron chi connectivity index (χ3n) is 13.0. The van der Waals surface area contributed by atoms with Crippen LogP contribution in [-0.4, -0.2) is 291 Å². The van der Waals surface area contributed by atoms with E-state index in [1.54, 1.807) is 20.1 Å². The zero-order chi connectivity index (χ0) is 60.4. The van der Waals surface area contributed by atoms with E-state index in [9.17, 15) is 50.4 Å². The second-order valence-corrected chi connectivity index (χ2v) is 20.1. The fraction of sp³-hybridized carbons (Fsp3) is 0.789. The van der Waals surface area contributed by atoms with Crippen molar-refractivity contribution in [2.24, 2.45) is 5.41 Å². The lowest BCUT2D eigenvalue weighted by molar-refractivity contribution is -0.326. The minimum absolute atomic E-state index is 0.0654. The first kappa shape index (κ1) is 74.9. The summed E-state index contributed by atoms with van der Waals surface area (Å²) < 4.78 is 70.8. The van der Waals surface area contributed by atoms with Gasteiger partial charge in [0.1, 0.15) is 42.7 Å². The standard InChI is InChI=1S/C57H100N2O23/c1-42(12-13-45-44(3)11-8-14-57(45,4)5)9-7-10-43(2)39-48(63)59(16-15-58-55(69)52(67)51(66)54(46(62)40-60)82-56-53(68)50(65)49(64)47(41-61)81-56)17-18-71-21-22-73-25-26-75-29-30-77-33-34-79-37-38-80-36-35-78-32-31-76-28-27-74-24-23-72-20-19-70-6/h7,9-10,12-13,39,46-47,49-54,56,60-62,64-68H,8,11,14-38,40-41H2,1-6H3,(H,58,69)/b10-7-,13-12+,42-9-,43-39+/t46-,47-,49+,50+,51-,52-,53-,54-,56+/m1/s1. The first-order chi connectivity index (χ1) is 39.5. The SMILES string of the molecule is COCCOCCOCCOCCOCCOCCOCCOCCOCCOCCOCCN(CCNC(=O)[C@H](O)[C@@H](O)[C@H](O[C@@H]1O[C@H](CO)[C@H](O)[C@H](O)[C@H]1O)[C@H](O)CO)C(=O)/C=C(C)/C=C\C=C(C)/C=C/C1=C(C)CCCC1(C)C. The molecule has 1 saturated heterocycles. The molecule has 0 radical (unpaired) electrons. The lowest BCUT2D eigenvalue weighted by Crippen LogP contribution is -2.62. The van der Waals surface area contributed by atoms with E-state index in [0.29, 0.717) is 124 Å². The molecule has 25 nitrogen and oxygen atoms in total. The number of hydrogen-bond acceptors (Lipinski definition) is 23. The largest absolute Gasteiger partial charge is 0.394 e. The Hall–Kier alpha value is -3.20. The third-order valence-corrected chi connectivity index (χ3v) is 13.0. The number of carbonyl (C=O) groups excluding carboxylic acids is 2. The quantitative estimate of drug-likeness (QED) is 0.0211. The van der Waals surface area contributed by atoms with Crippen LogP contribution in [0.1, 0.15) is 53.9 Å². The highest BCUT2D eigenvalue weighted by atomic mass is 16.7. The molecular weight excluding hydrogens is 1080 g/mol. The van der Waals surface area contributed by atoms with Gasteiger partial charge in [0.05, 0.1) is 152 Å². The minimum Gasteiger partial charge on any atom is -0.394 e. The van der Waals surface area contributed by atoms with Gasteiger partial charge in [0.25, 0.3) is 5.91 Å². The number of nitrogens with one attached hydrogen (secondary N) is 1. The first-order valence-corrected chi connectivity index (χ1v) is 28.3. The third kappa shape index (κ3) is 32.3. The number of nitrogens with zero attached hydrogens (tertiary/aromatic N) is 1. The summed E-state index contributed by atoms with van der Waals surface area (Å²) in [6.07, 6.45) is -2.55. The van der Waals surface area contributed by atoms with Crippen molar-refractivity contribution in [1.29, 1.82) is 0 Å². The summed E-state index contributed by atoms with van der Waals surface area (Å²) in [5, 5.41) is 84.6. The van der Waals surface area contributed by atoms with E-state index in [4.69, 9.17) is 61.6 Å². The fourth-order valence-electron chi connectivity index (χ4n) is 8.29. The molecule has 0 aromatic carbocycles. The maximum absolute atomic E-state index is 13.6. The van der Waals surface area contributed by atoms with Crippen molar-refractivity contribution in [1.82, 2.24) is 10.2 Å². The van der Waals surface area contributed by atoms with Crippen LogP contribution in [0.4, 0.5) is 0 Å². The molecule has 9 N–H and O–H groups in total. The zero-order valence-electron chi connectivity index (χ0n) is 49.3. The Bertz CT molecular complexity index is 1830. The van der Waals surface area contributed by atoms with E-state index in [-0.39, 0.29) is 44.9 Å². The molecule has 1 heterocycles. The Morgan fingerprint density at radius 2 is 1.15 bits per heavy atom. The monoisotopic (exact) mass is 1180 g/mol. The second kappa shape index (κ2) is 46.1. The smallest absolute Gasteiger partial charge is 0.251 e. The topological polar surface area (TPSA) is 331 Å². The van der Waals surface area contributed by atoms with Crippen LogP contribution in [0.2, 0.25) is 0 Å². The zero-order valence-corrected chi connectivity index (χ0v) is 49.3. The van der Waals surface area contributed by atoms with Crippen LogP contribution < -0.4 is 5.32 Å². The molecule has 0 saturated carbocycles. The fourth-order valence-corrected chi connectivity index (χ4v) is 8.29. The van der Waals surface area contributed by atoms with Gasteiger partial charge in [0.2, 0.25) is 5.91 Å². The van der Waals surface area contributed by atoms with Crippen LogP contribution in [0.3, 0.4) is 0 Å². The lowest BCUT2D eigenvalue weighted by Gasteiger charge is -2.42. The Morgan fingerprint density at radius 1 is 0.671 bits per heavy atom. The van der Waals surface area contributed by atoms with Gasteiger partial charge in [-0.2, -0.15) is 0 Å². The van der Waals surface area contributed by atoms with Crippen LogP contribution in [0, 0.1) is 5.41 Å². The Balaban J connectivity index is 1.75. The van der Waals surface area contributed by atoms with Crippen molar-refractivity contribution in [2.45, 2.75) is 109 Å². The molecule has 0 aromatic rings. The number of amides is 2. The van der Waals surface area contributed by atoms with E-state index in [1.807, 2.05) is 19.1 Å². The summed E-state index contributed by atoms with van der Waals surface area (Å²) in [5.74, 6) is -1.54. The maximum atomic E-state index is 13.6. The highest BCUT2D eigenvalue weighted by Gasteiger charge is 2.47. The van der Waals surface area contributed by atoms with Gasteiger partial charge in [0.15, 0.2) is 12.4 Å². The summed E-state index contributed by atoms with van der Waals surface area (Å²) in [5.41, 5.74) is 4.55.